The number of aliphatic hydroxyl groups is 1. The van der Waals surface area contributed by atoms with E-state index >= 15 is 0 Å². The third-order valence-electron chi connectivity index (χ3n) is 3.29. The van der Waals surface area contributed by atoms with E-state index in [-0.39, 0.29) is 30.5 Å². The smallest absolute Gasteiger partial charge is 0.191 e. The summed E-state index contributed by atoms with van der Waals surface area (Å²) in [6.45, 7) is 4.76. The summed E-state index contributed by atoms with van der Waals surface area (Å²) in [5.74, 6) is 1.16. The molecule has 2 aromatic rings. The Labute approximate surface area is 165 Å². The van der Waals surface area contributed by atoms with Gasteiger partial charge >= 0.3 is 0 Å². The predicted molar refractivity (Wildman–Crippen MR) is 109 cm³/mol. The molecule has 1 aromatic heterocycles. The van der Waals surface area contributed by atoms with Crippen molar-refractivity contribution in [2.24, 2.45) is 4.99 Å². The van der Waals surface area contributed by atoms with Crippen LogP contribution in [0.1, 0.15) is 24.4 Å². The number of aliphatic imine (C=N–C) groups is 1. The lowest BCUT2D eigenvalue weighted by molar-refractivity contribution is 0.125. The first-order chi connectivity index (χ1) is 11.8. The van der Waals surface area contributed by atoms with Crippen molar-refractivity contribution in [2.45, 2.75) is 19.6 Å². The highest BCUT2D eigenvalue weighted by Gasteiger charge is 2.09. The molecule has 0 saturated heterocycles. The number of guanidine groups is 1. The van der Waals surface area contributed by atoms with Crippen LogP contribution in [-0.2, 0) is 11.3 Å². The molecular formula is C18H26IN3O3. The topological polar surface area (TPSA) is 79.0 Å². The molecule has 0 fully saturated rings. The first-order valence-corrected chi connectivity index (χ1v) is 8.15. The molecule has 0 amide bonds. The zero-order chi connectivity index (χ0) is 17.0. The van der Waals surface area contributed by atoms with Gasteiger partial charge < -0.3 is 24.9 Å². The normalized spacial score (nSPS) is 12.3. The Balaban J connectivity index is 0.00000312. The van der Waals surface area contributed by atoms with Gasteiger partial charge in [0.2, 0.25) is 0 Å². The van der Waals surface area contributed by atoms with Gasteiger partial charge in [0.05, 0.1) is 26.0 Å². The maximum atomic E-state index is 9.98. The lowest BCUT2D eigenvalue weighted by Gasteiger charge is -2.12. The minimum absolute atomic E-state index is 0. The van der Waals surface area contributed by atoms with Crippen LogP contribution in [0.25, 0.3) is 0 Å². The minimum atomic E-state index is -0.746. The van der Waals surface area contributed by atoms with Gasteiger partial charge in [0, 0.05) is 13.1 Å². The first-order valence-electron chi connectivity index (χ1n) is 8.15. The van der Waals surface area contributed by atoms with E-state index in [0.29, 0.717) is 31.5 Å². The number of ether oxygens (including phenoxy) is 1. The summed E-state index contributed by atoms with van der Waals surface area (Å²) in [6.07, 6.45) is 0.792. The van der Waals surface area contributed by atoms with E-state index in [1.807, 2.05) is 37.3 Å². The van der Waals surface area contributed by atoms with Crippen molar-refractivity contribution in [3.05, 3.63) is 60.1 Å². The van der Waals surface area contributed by atoms with Crippen molar-refractivity contribution < 1.29 is 14.3 Å². The lowest BCUT2D eigenvalue weighted by atomic mass is 10.2. The zero-order valence-corrected chi connectivity index (χ0v) is 16.7. The second kappa shape index (κ2) is 12.7. The van der Waals surface area contributed by atoms with Crippen molar-refractivity contribution in [1.82, 2.24) is 10.6 Å². The molecule has 3 N–H and O–H groups in total. The fraction of sp³-hybridized carbons (Fsp3) is 0.389. The highest BCUT2D eigenvalue weighted by atomic mass is 127. The van der Waals surface area contributed by atoms with Gasteiger partial charge in [-0.25, -0.2) is 0 Å². The third-order valence-corrected chi connectivity index (χ3v) is 3.29. The van der Waals surface area contributed by atoms with Gasteiger partial charge in [-0.2, -0.15) is 0 Å². The fourth-order valence-corrected chi connectivity index (χ4v) is 2.10. The molecule has 1 atom stereocenters. The number of benzene rings is 1. The third kappa shape index (κ3) is 8.37. The summed E-state index contributed by atoms with van der Waals surface area (Å²) in [6, 6.07) is 13.5. The van der Waals surface area contributed by atoms with Crippen LogP contribution >= 0.6 is 24.0 Å². The van der Waals surface area contributed by atoms with Crippen molar-refractivity contribution in [2.75, 3.05) is 26.2 Å². The predicted octanol–water partition coefficient (Wildman–Crippen LogP) is 2.70. The Bertz CT molecular complexity index is 591. The Morgan fingerprint density at radius 1 is 1.20 bits per heavy atom. The monoisotopic (exact) mass is 459 g/mol. The number of rotatable bonds is 9. The second-order valence-corrected chi connectivity index (χ2v) is 5.22. The summed E-state index contributed by atoms with van der Waals surface area (Å²) in [4.78, 5) is 4.35. The molecule has 0 bridgehead atoms. The van der Waals surface area contributed by atoms with Crippen LogP contribution in [-0.4, -0.2) is 37.3 Å². The Morgan fingerprint density at radius 2 is 2.00 bits per heavy atom. The quantitative estimate of drug-likeness (QED) is 0.233. The van der Waals surface area contributed by atoms with Crippen LogP contribution in [0.5, 0.6) is 0 Å². The van der Waals surface area contributed by atoms with Gasteiger partial charge in [-0.05, 0) is 24.6 Å². The van der Waals surface area contributed by atoms with E-state index in [4.69, 9.17) is 9.15 Å². The van der Waals surface area contributed by atoms with Gasteiger partial charge in [0.25, 0.3) is 0 Å². The number of aliphatic hydroxyl groups excluding tert-OH is 1. The van der Waals surface area contributed by atoms with Gasteiger partial charge in [0.15, 0.2) is 5.96 Å². The van der Waals surface area contributed by atoms with E-state index in [1.165, 1.54) is 6.26 Å². The molecule has 1 unspecified atom stereocenters. The molecule has 0 radical (unpaired) electrons. The minimum Gasteiger partial charge on any atom is -0.467 e. The largest absolute Gasteiger partial charge is 0.467 e. The molecule has 25 heavy (non-hydrogen) atoms. The molecule has 1 aromatic carbocycles. The molecule has 0 aliphatic carbocycles. The molecule has 0 saturated carbocycles. The summed E-state index contributed by atoms with van der Waals surface area (Å²) < 4.78 is 10.8. The summed E-state index contributed by atoms with van der Waals surface area (Å²) in [5.41, 5.74) is 1.15. The molecule has 0 spiro atoms. The molecule has 2 rings (SSSR count). The summed E-state index contributed by atoms with van der Waals surface area (Å²) in [7, 11) is 0. The average molecular weight is 459 g/mol. The molecule has 0 aliphatic rings. The number of halogens is 1. The van der Waals surface area contributed by atoms with Gasteiger partial charge in [-0.1, -0.05) is 30.3 Å². The Hall–Kier alpha value is -1.58. The van der Waals surface area contributed by atoms with Gasteiger partial charge in [0.1, 0.15) is 11.9 Å². The highest BCUT2D eigenvalue weighted by Crippen LogP contribution is 2.12. The van der Waals surface area contributed by atoms with Gasteiger partial charge in [-0.3, -0.25) is 4.99 Å². The lowest BCUT2D eigenvalue weighted by Crippen LogP contribution is -2.39. The van der Waals surface area contributed by atoms with Crippen LogP contribution in [0.4, 0.5) is 0 Å². The van der Waals surface area contributed by atoms with Crippen LogP contribution in [0.15, 0.2) is 58.1 Å². The zero-order valence-electron chi connectivity index (χ0n) is 14.4. The number of hydrogen-bond acceptors (Lipinski definition) is 4. The molecule has 7 heteroatoms. The SMILES string of the molecule is CCNC(=NCC(O)c1ccco1)NCCOCc1ccccc1.I. The second-order valence-electron chi connectivity index (χ2n) is 5.22. The van der Waals surface area contributed by atoms with E-state index in [0.717, 1.165) is 12.1 Å². The van der Waals surface area contributed by atoms with E-state index in [2.05, 4.69) is 15.6 Å². The summed E-state index contributed by atoms with van der Waals surface area (Å²) in [5, 5.41) is 16.3. The highest BCUT2D eigenvalue weighted by molar-refractivity contribution is 14.0. The van der Waals surface area contributed by atoms with Crippen molar-refractivity contribution in [1.29, 1.82) is 0 Å². The standard InChI is InChI=1S/C18H25N3O3.HI/c1-2-19-18(21-13-16(22)17-9-6-11-24-17)20-10-12-23-14-15-7-4-3-5-8-15;/h3-9,11,16,22H,2,10,12-14H2,1H3,(H2,19,20,21);1H. The van der Waals surface area contributed by atoms with Gasteiger partial charge in [-0.15, -0.1) is 24.0 Å². The molecule has 6 nitrogen and oxygen atoms in total. The van der Waals surface area contributed by atoms with E-state index in [9.17, 15) is 5.11 Å². The van der Waals surface area contributed by atoms with Crippen molar-refractivity contribution >= 4 is 29.9 Å². The number of nitrogens with one attached hydrogen (secondary N) is 2. The fourth-order valence-electron chi connectivity index (χ4n) is 2.10. The number of hydrogen-bond donors (Lipinski definition) is 3. The maximum absolute atomic E-state index is 9.98. The van der Waals surface area contributed by atoms with E-state index < -0.39 is 6.10 Å². The van der Waals surface area contributed by atoms with Crippen molar-refractivity contribution in [3.8, 4) is 0 Å². The van der Waals surface area contributed by atoms with Crippen LogP contribution in [0, 0.1) is 0 Å². The molecule has 1 heterocycles. The Morgan fingerprint density at radius 3 is 2.68 bits per heavy atom. The summed E-state index contributed by atoms with van der Waals surface area (Å²) >= 11 is 0. The van der Waals surface area contributed by atoms with Crippen LogP contribution < -0.4 is 10.6 Å². The van der Waals surface area contributed by atoms with E-state index in [1.54, 1.807) is 12.1 Å². The Kier molecular flexibility index (Phi) is 10.9. The van der Waals surface area contributed by atoms with Crippen molar-refractivity contribution in [3.63, 3.8) is 0 Å². The molecular weight excluding hydrogens is 433 g/mol. The maximum Gasteiger partial charge on any atom is 0.191 e. The average Bonchev–Trinajstić information content (AvgIpc) is 3.14. The first kappa shape index (κ1) is 21.5. The number of furan rings is 1. The number of nitrogens with zero attached hydrogens (tertiary/aromatic N) is 1. The molecule has 138 valence electrons. The van der Waals surface area contributed by atoms with Crippen LogP contribution in [0.3, 0.4) is 0 Å². The molecule has 0 aliphatic heterocycles. The van der Waals surface area contributed by atoms with Crippen LogP contribution in [0.2, 0.25) is 0 Å².